The molecule has 6 heteroatoms. The van der Waals surface area contributed by atoms with Gasteiger partial charge in [-0.15, -0.1) is 0 Å². The highest BCUT2D eigenvalue weighted by atomic mass is 35.5. The molecule has 4 nitrogen and oxygen atoms in total. The van der Waals surface area contributed by atoms with Gasteiger partial charge in [-0.05, 0) is 36.4 Å². The van der Waals surface area contributed by atoms with Gasteiger partial charge in [-0.2, -0.15) is 0 Å². The maximum Gasteiger partial charge on any atom is 0.256 e. The van der Waals surface area contributed by atoms with Crippen LogP contribution < -0.4 is 4.90 Å². The number of fused-ring (bicyclic) bond motifs is 1. The lowest BCUT2D eigenvalue weighted by Gasteiger charge is -2.36. The molecule has 0 saturated carbocycles. The third-order valence-electron chi connectivity index (χ3n) is 4.57. The smallest absolute Gasteiger partial charge is 0.256 e. The predicted molar refractivity (Wildman–Crippen MR) is 101 cm³/mol. The van der Waals surface area contributed by atoms with Crippen molar-refractivity contribution in [2.75, 3.05) is 31.1 Å². The SMILES string of the molecule is [2H]c1ccc(C(=O)N2CCN(c3ccnc4cc(Cl)ccc34)CC2)c(F)c1[2H]. The van der Waals surface area contributed by atoms with Crippen LogP contribution in [0.3, 0.4) is 0 Å². The molecule has 0 spiro atoms. The van der Waals surface area contributed by atoms with Crippen LogP contribution in [0.4, 0.5) is 10.1 Å². The summed E-state index contributed by atoms with van der Waals surface area (Å²) in [6.45, 7) is 2.07. The molecule has 1 saturated heterocycles. The minimum atomic E-state index is -0.933. The number of hydrogen-bond acceptors (Lipinski definition) is 3. The standard InChI is InChI=1S/C20H17ClFN3O/c21-14-5-6-16-18(13-14)23-8-7-19(16)24-9-11-25(12-10-24)20(26)15-3-1-2-4-17(15)22/h1-8,13H,9-12H2/i2D,4D. The van der Waals surface area contributed by atoms with E-state index in [0.29, 0.717) is 31.2 Å². The van der Waals surface area contributed by atoms with Gasteiger partial charge < -0.3 is 9.80 Å². The van der Waals surface area contributed by atoms with E-state index in [-0.39, 0.29) is 11.6 Å². The molecule has 1 aliphatic heterocycles. The summed E-state index contributed by atoms with van der Waals surface area (Å²) in [5.41, 5.74) is 1.68. The minimum absolute atomic E-state index is 0.154. The van der Waals surface area contributed by atoms with Crippen molar-refractivity contribution in [3.05, 3.63) is 71.1 Å². The van der Waals surface area contributed by atoms with Crippen LogP contribution in [0.5, 0.6) is 0 Å². The number of amides is 1. The highest BCUT2D eigenvalue weighted by Crippen LogP contribution is 2.28. The maximum atomic E-state index is 14.2. The third kappa shape index (κ3) is 3.10. The number of benzene rings is 2. The van der Waals surface area contributed by atoms with Crippen molar-refractivity contribution in [3.8, 4) is 0 Å². The fourth-order valence-electron chi connectivity index (χ4n) is 3.24. The molecule has 0 atom stereocenters. The van der Waals surface area contributed by atoms with Gasteiger partial charge in [0.1, 0.15) is 5.82 Å². The molecule has 2 aromatic carbocycles. The van der Waals surface area contributed by atoms with Gasteiger partial charge in [0, 0.05) is 48.5 Å². The van der Waals surface area contributed by atoms with E-state index in [0.717, 1.165) is 16.6 Å². The molecule has 0 radical (unpaired) electrons. The van der Waals surface area contributed by atoms with E-state index in [1.54, 1.807) is 11.1 Å². The van der Waals surface area contributed by atoms with E-state index < -0.39 is 17.8 Å². The fourth-order valence-corrected chi connectivity index (χ4v) is 3.40. The zero-order valence-electron chi connectivity index (χ0n) is 15.9. The van der Waals surface area contributed by atoms with E-state index in [4.69, 9.17) is 14.3 Å². The van der Waals surface area contributed by atoms with E-state index >= 15 is 0 Å². The number of aromatic nitrogens is 1. The minimum Gasteiger partial charge on any atom is -0.367 e. The second-order valence-electron chi connectivity index (χ2n) is 6.10. The number of pyridine rings is 1. The van der Waals surface area contributed by atoms with E-state index in [2.05, 4.69) is 9.88 Å². The summed E-state index contributed by atoms with van der Waals surface area (Å²) in [5, 5.41) is 1.62. The molecule has 26 heavy (non-hydrogen) atoms. The van der Waals surface area contributed by atoms with Gasteiger partial charge in [0.25, 0.3) is 5.91 Å². The highest BCUT2D eigenvalue weighted by molar-refractivity contribution is 6.31. The van der Waals surface area contributed by atoms with Gasteiger partial charge in [0.15, 0.2) is 0 Å². The summed E-state index contributed by atoms with van der Waals surface area (Å²) in [6, 6.07) is 9.30. The summed E-state index contributed by atoms with van der Waals surface area (Å²) in [6.07, 6.45) is 1.74. The van der Waals surface area contributed by atoms with Gasteiger partial charge in [-0.25, -0.2) is 4.39 Å². The largest absolute Gasteiger partial charge is 0.367 e. The van der Waals surface area contributed by atoms with Crippen LogP contribution >= 0.6 is 11.6 Å². The molecule has 4 rings (SSSR count). The quantitative estimate of drug-likeness (QED) is 0.683. The van der Waals surface area contributed by atoms with Crippen molar-refractivity contribution in [1.82, 2.24) is 9.88 Å². The molecule has 0 aliphatic carbocycles. The summed E-state index contributed by atoms with van der Waals surface area (Å²) in [4.78, 5) is 20.8. The van der Waals surface area contributed by atoms with Crippen LogP contribution in [-0.4, -0.2) is 42.0 Å². The van der Waals surface area contributed by atoms with Crippen molar-refractivity contribution in [1.29, 1.82) is 0 Å². The number of carbonyl (C=O) groups is 1. The molecule has 3 aromatic rings. The monoisotopic (exact) mass is 371 g/mol. The maximum absolute atomic E-state index is 14.2. The Morgan fingerprint density at radius 1 is 1.19 bits per heavy atom. The van der Waals surface area contributed by atoms with Gasteiger partial charge in [-0.3, -0.25) is 9.78 Å². The van der Waals surface area contributed by atoms with Crippen molar-refractivity contribution in [2.24, 2.45) is 0 Å². The van der Waals surface area contributed by atoms with Crippen LogP contribution in [0.15, 0.2) is 54.7 Å². The highest BCUT2D eigenvalue weighted by Gasteiger charge is 2.24. The second-order valence-corrected chi connectivity index (χ2v) is 6.54. The molecule has 2 heterocycles. The Kier molecular flexibility index (Phi) is 3.86. The first kappa shape index (κ1) is 14.5. The number of carbonyl (C=O) groups excluding carboxylic acids is 1. The van der Waals surface area contributed by atoms with Crippen LogP contribution in [0, 0.1) is 5.82 Å². The van der Waals surface area contributed by atoms with Gasteiger partial charge in [-0.1, -0.05) is 23.7 Å². The summed E-state index contributed by atoms with van der Waals surface area (Å²) < 4.78 is 29.3. The summed E-state index contributed by atoms with van der Waals surface area (Å²) in [7, 11) is 0. The Morgan fingerprint density at radius 2 is 2.00 bits per heavy atom. The zero-order valence-corrected chi connectivity index (χ0v) is 14.6. The number of nitrogens with zero attached hydrogens (tertiary/aromatic N) is 3. The van der Waals surface area contributed by atoms with Crippen molar-refractivity contribution in [3.63, 3.8) is 0 Å². The normalized spacial score (nSPS) is 15.8. The van der Waals surface area contributed by atoms with Crippen molar-refractivity contribution >= 4 is 34.1 Å². The molecule has 1 fully saturated rings. The Morgan fingerprint density at radius 3 is 2.81 bits per heavy atom. The van der Waals surface area contributed by atoms with E-state index in [1.165, 1.54) is 12.1 Å². The van der Waals surface area contributed by atoms with Gasteiger partial charge >= 0.3 is 0 Å². The lowest BCUT2D eigenvalue weighted by Crippen LogP contribution is -2.49. The molecule has 0 unspecified atom stereocenters. The Balaban J connectivity index is 1.53. The Hall–Kier alpha value is -2.66. The number of rotatable bonds is 2. The van der Waals surface area contributed by atoms with Crippen LogP contribution in [0.25, 0.3) is 10.9 Å². The molecule has 0 N–H and O–H groups in total. The first-order valence-electron chi connectivity index (χ1n) is 9.30. The second kappa shape index (κ2) is 6.92. The molecule has 1 aliphatic rings. The number of piperazine rings is 1. The molecule has 1 aromatic heterocycles. The van der Waals surface area contributed by atoms with Crippen LogP contribution in [0.1, 0.15) is 13.1 Å². The first-order valence-corrected chi connectivity index (χ1v) is 8.67. The van der Waals surface area contributed by atoms with Crippen LogP contribution in [0.2, 0.25) is 5.02 Å². The van der Waals surface area contributed by atoms with E-state index in [9.17, 15) is 9.18 Å². The number of hydrogen-bond donors (Lipinski definition) is 0. The third-order valence-corrected chi connectivity index (χ3v) is 4.81. The van der Waals surface area contributed by atoms with Crippen molar-refractivity contribution < 1.29 is 11.9 Å². The Bertz CT molecular complexity index is 1070. The molecule has 1 amide bonds. The molecular formula is C20H17ClFN3O. The number of anilines is 1. The fraction of sp³-hybridized carbons (Fsp3) is 0.200. The first-order chi connectivity index (χ1) is 13.5. The van der Waals surface area contributed by atoms with Crippen LogP contribution in [-0.2, 0) is 0 Å². The topological polar surface area (TPSA) is 36.4 Å². The summed E-state index contributed by atoms with van der Waals surface area (Å²) >= 11 is 6.05. The molecular weight excluding hydrogens is 353 g/mol. The van der Waals surface area contributed by atoms with Gasteiger partial charge in [0.05, 0.1) is 13.8 Å². The lowest BCUT2D eigenvalue weighted by molar-refractivity contribution is 0.0742. The predicted octanol–water partition coefficient (Wildman–Crippen LogP) is 3.99. The molecule has 132 valence electrons. The Labute approximate surface area is 158 Å². The lowest BCUT2D eigenvalue weighted by atomic mass is 10.1. The average molecular weight is 372 g/mol. The van der Waals surface area contributed by atoms with Gasteiger partial charge in [0.2, 0.25) is 0 Å². The number of halogens is 2. The average Bonchev–Trinajstić information content (AvgIpc) is 2.71. The zero-order chi connectivity index (χ0) is 19.8. The molecule has 0 bridgehead atoms. The van der Waals surface area contributed by atoms with Crippen molar-refractivity contribution in [2.45, 2.75) is 0 Å². The van der Waals surface area contributed by atoms with E-state index in [1.807, 2.05) is 24.3 Å². The summed E-state index contributed by atoms with van der Waals surface area (Å²) in [5.74, 6) is -1.38.